The molecular formula is C13H22N2O3. The van der Waals surface area contributed by atoms with Gasteiger partial charge in [-0.15, -0.1) is 0 Å². The third-order valence-electron chi connectivity index (χ3n) is 4.52. The summed E-state index contributed by atoms with van der Waals surface area (Å²) in [5.74, 6) is -0.917. The van der Waals surface area contributed by atoms with Gasteiger partial charge in [-0.2, -0.15) is 0 Å². The van der Waals surface area contributed by atoms with Gasteiger partial charge in [-0.1, -0.05) is 6.92 Å². The third kappa shape index (κ3) is 2.51. The van der Waals surface area contributed by atoms with Crippen molar-refractivity contribution in [3.63, 3.8) is 0 Å². The van der Waals surface area contributed by atoms with E-state index in [2.05, 4.69) is 10.6 Å². The van der Waals surface area contributed by atoms with E-state index >= 15 is 0 Å². The molecule has 1 aliphatic heterocycles. The van der Waals surface area contributed by atoms with Crippen molar-refractivity contribution in [2.45, 2.75) is 45.1 Å². The zero-order chi connectivity index (χ0) is 13.2. The standard InChI is InChI=1S/C13H22N2O3/c1-2-13(5-6-14-8-13)12(18)15-10-4-3-9(7-10)11(16)17/h9-10,14H,2-8H2,1H3,(H,15,18)(H,16,17). The third-order valence-corrected chi connectivity index (χ3v) is 4.52. The molecular weight excluding hydrogens is 232 g/mol. The minimum absolute atomic E-state index is 0.0441. The van der Waals surface area contributed by atoms with Crippen LogP contribution in [0.25, 0.3) is 0 Å². The van der Waals surface area contributed by atoms with Crippen LogP contribution in [0, 0.1) is 11.3 Å². The second-order valence-corrected chi connectivity index (χ2v) is 5.58. The molecule has 1 aliphatic carbocycles. The van der Waals surface area contributed by atoms with E-state index in [1.807, 2.05) is 6.92 Å². The van der Waals surface area contributed by atoms with Crippen molar-refractivity contribution in [2.24, 2.45) is 11.3 Å². The van der Waals surface area contributed by atoms with Crippen LogP contribution in [0.4, 0.5) is 0 Å². The number of hydrogen-bond acceptors (Lipinski definition) is 3. The fourth-order valence-electron chi connectivity index (χ4n) is 3.08. The van der Waals surface area contributed by atoms with Crippen LogP contribution in [-0.2, 0) is 9.59 Å². The predicted molar refractivity (Wildman–Crippen MR) is 67.1 cm³/mol. The van der Waals surface area contributed by atoms with Gasteiger partial charge in [0.05, 0.1) is 11.3 Å². The molecule has 0 spiro atoms. The van der Waals surface area contributed by atoms with Gasteiger partial charge < -0.3 is 15.7 Å². The molecule has 1 saturated carbocycles. The van der Waals surface area contributed by atoms with Crippen LogP contribution < -0.4 is 10.6 Å². The lowest BCUT2D eigenvalue weighted by Crippen LogP contribution is -2.46. The van der Waals surface area contributed by atoms with Crippen LogP contribution in [0.5, 0.6) is 0 Å². The summed E-state index contributed by atoms with van der Waals surface area (Å²) in [5, 5.41) is 15.2. The number of hydrogen-bond donors (Lipinski definition) is 3. The Morgan fingerprint density at radius 1 is 1.44 bits per heavy atom. The van der Waals surface area contributed by atoms with Gasteiger partial charge in [0.25, 0.3) is 0 Å². The average molecular weight is 254 g/mol. The second kappa shape index (κ2) is 5.26. The van der Waals surface area contributed by atoms with Gasteiger partial charge in [-0.3, -0.25) is 9.59 Å². The number of carboxylic acids is 1. The molecule has 3 N–H and O–H groups in total. The number of carbonyl (C=O) groups is 2. The summed E-state index contributed by atoms with van der Waals surface area (Å²) in [7, 11) is 0. The first-order valence-electron chi connectivity index (χ1n) is 6.82. The van der Waals surface area contributed by atoms with Gasteiger partial charge in [0, 0.05) is 12.6 Å². The molecule has 0 bridgehead atoms. The quantitative estimate of drug-likeness (QED) is 0.691. The van der Waals surface area contributed by atoms with E-state index in [1.165, 1.54) is 0 Å². The van der Waals surface area contributed by atoms with E-state index in [9.17, 15) is 9.59 Å². The Morgan fingerprint density at radius 2 is 2.22 bits per heavy atom. The molecule has 1 heterocycles. The monoisotopic (exact) mass is 254 g/mol. The van der Waals surface area contributed by atoms with Crippen LogP contribution in [0.1, 0.15) is 39.0 Å². The molecule has 18 heavy (non-hydrogen) atoms. The minimum atomic E-state index is -0.737. The van der Waals surface area contributed by atoms with Gasteiger partial charge in [0.15, 0.2) is 0 Å². The SMILES string of the molecule is CCC1(C(=O)NC2CCC(C(=O)O)C2)CCNC1. The molecule has 2 fully saturated rings. The van der Waals surface area contributed by atoms with Crippen LogP contribution in [0.3, 0.4) is 0 Å². The van der Waals surface area contributed by atoms with Crippen molar-refractivity contribution in [2.75, 3.05) is 13.1 Å². The van der Waals surface area contributed by atoms with Crippen LogP contribution in [0.15, 0.2) is 0 Å². The maximum absolute atomic E-state index is 12.3. The maximum Gasteiger partial charge on any atom is 0.306 e. The van der Waals surface area contributed by atoms with Crippen molar-refractivity contribution in [3.8, 4) is 0 Å². The van der Waals surface area contributed by atoms with Crippen molar-refractivity contribution in [3.05, 3.63) is 0 Å². The Hall–Kier alpha value is -1.10. The second-order valence-electron chi connectivity index (χ2n) is 5.58. The van der Waals surface area contributed by atoms with Crippen molar-refractivity contribution in [1.29, 1.82) is 0 Å². The fraction of sp³-hybridized carbons (Fsp3) is 0.846. The normalized spacial score (nSPS) is 35.6. The highest BCUT2D eigenvalue weighted by molar-refractivity contribution is 5.83. The molecule has 5 nitrogen and oxygen atoms in total. The number of aliphatic carboxylic acids is 1. The number of amides is 1. The van der Waals surface area contributed by atoms with Gasteiger partial charge >= 0.3 is 5.97 Å². The summed E-state index contributed by atoms with van der Waals surface area (Å²) >= 11 is 0. The molecule has 102 valence electrons. The summed E-state index contributed by atoms with van der Waals surface area (Å²) < 4.78 is 0. The van der Waals surface area contributed by atoms with E-state index in [4.69, 9.17) is 5.11 Å². The van der Waals surface area contributed by atoms with Crippen molar-refractivity contribution < 1.29 is 14.7 Å². The molecule has 3 atom stereocenters. The Bertz CT molecular complexity index is 337. The average Bonchev–Trinajstić information content (AvgIpc) is 2.97. The van der Waals surface area contributed by atoms with E-state index in [0.717, 1.165) is 32.4 Å². The molecule has 2 rings (SSSR count). The van der Waals surface area contributed by atoms with Crippen LogP contribution >= 0.6 is 0 Å². The maximum atomic E-state index is 12.3. The summed E-state index contributed by atoms with van der Waals surface area (Å²) in [4.78, 5) is 23.2. The predicted octanol–water partition coefficient (Wildman–Crippen LogP) is 0.746. The first-order valence-corrected chi connectivity index (χ1v) is 6.82. The molecule has 0 radical (unpaired) electrons. The van der Waals surface area contributed by atoms with E-state index < -0.39 is 5.97 Å². The van der Waals surface area contributed by atoms with Gasteiger partial charge in [-0.05, 0) is 38.6 Å². The lowest BCUT2D eigenvalue weighted by atomic mass is 9.83. The van der Waals surface area contributed by atoms with Crippen LogP contribution in [-0.4, -0.2) is 36.1 Å². The zero-order valence-electron chi connectivity index (χ0n) is 10.9. The highest BCUT2D eigenvalue weighted by Crippen LogP contribution is 2.31. The fourth-order valence-corrected chi connectivity index (χ4v) is 3.08. The first-order chi connectivity index (χ1) is 8.57. The minimum Gasteiger partial charge on any atom is -0.481 e. The lowest BCUT2D eigenvalue weighted by Gasteiger charge is -2.27. The van der Waals surface area contributed by atoms with Gasteiger partial charge in [-0.25, -0.2) is 0 Å². The zero-order valence-corrected chi connectivity index (χ0v) is 10.9. The largest absolute Gasteiger partial charge is 0.481 e. The molecule has 1 saturated heterocycles. The Labute approximate surface area is 107 Å². The van der Waals surface area contributed by atoms with Crippen LogP contribution in [0.2, 0.25) is 0 Å². The van der Waals surface area contributed by atoms with Gasteiger partial charge in [0.1, 0.15) is 0 Å². The highest BCUT2D eigenvalue weighted by atomic mass is 16.4. The highest BCUT2D eigenvalue weighted by Gasteiger charge is 2.41. The lowest BCUT2D eigenvalue weighted by molar-refractivity contribution is -0.141. The summed E-state index contributed by atoms with van der Waals surface area (Å²) in [5.41, 5.74) is -0.276. The summed E-state index contributed by atoms with van der Waals surface area (Å²) in [6.45, 7) is 3.68. The van der Waals surface area contributed by atoms with Gasteiger partial charge in [0.2, 0.25) is 5.91 Å². The summed E-state index contributed by atoms with van der Waals surface area (Å²) in [6.07, 6.45) is 3.76. The molecule has 3 unspecified atom stereocenters. The first kappa shape index (κ1) is 13.3. The number of carboxylic acid groups (broad SMARTS) is 1. The Morgan fingerprint density at radius 3 is 2.72 bits per heavy atom. The molecule has 0 aromatic rings. The molecule has 0 aromatic carbocycles. The molecule has 1 amide bonds. The molecule has 0 aromatic heterocycles. The summed E-state index contributed by atoms with van der Waals surface area (Å²) in [6, 6.07) is 0.0441. The number of rotatable bonds is 4. The smallest absolute Gasteiger partial charge is 0.306 e. The van der Waals surface area contributed by atoms with E-state index in [0.29, 0.717) is 12.8 Å². The Balaban J connectivity index is 1.90. The molecule has 5 heteroatoms. The number of nitrogens with one attached hydrogen (secondary N) is 2. The molecule has 2 aliphatic rings. The van der Waals surface area contributed by atoms with Crippen molar-refractivity contribution in [1.82, 2.24) is 10.6 Å². The van der Waals surface area contributed by atoms with E-state index in [-0.39, 0.29) is 23.3 Å². The van der Waals surface area contributed by atoms with E-state index in [1.54, 1.807) is 0 Å². The number of carbonyl (C=O) groups excluding carboxylic acids is 1. The topological polar surface area (TPSA) is 78.4 Å². The van der Waals surface area contributed by atoms with Crippen molar-refractivity contribution >= 4 is 11.9 Å². The Kier molecular flexibility index (Phi) is 3.90.